The lowest BCUT2D eigenvalue weighted by Gasteiger charge is -2.33. The van der Waals surface area contributed by atoms with Gasteiger partial charge in [-0.1, -0.05) is 0 Å². The standard InChI is InChI=1S/C33H44F4N8O4S/c1-21-16-28-27(30(31(34)35)42-45(28)24(20-46)4-5-29(47)38-2)17-26(21)22-6-11-43(12-7-22)10-3-15-50(48)44-13-8-23(9-14-44)41-33-39-18-25(19-40-33)49-32(36)37/h16-20,22-24,31-32H,3-15H2,1-2H3,(H,38,47)(H,39,40,41). The van der Waals surface area contributed by atoms with E-state index in [4.69, 9.17) is 0 Å². The van der Waals surface area contributed by atoms with Crippen LogP contribution in [0.2, 0.25) is 0 Å². The van der Waals surface area contributed by atoms with Gasteiger partial charge in [-0.3, -0.25) is 9.48 Å². The Balaban J connectivity index is 1.08. The zero-order valence-electron chi connectivity index (χ0n) is 28.2. The van der Waals surface area contributed by atoms with Gasteiger partial charge in [-0.15, -0.1) is 0 Å². The minimum Gasteiger partial charge on any atom is -0.432 e. The molecule has 2 fully saturated rings. The third-order valence-corrected chi connectivity index (χ3v) is 11.1. The number of halogens is 4. The number of rotatable bonds is 16. The van der Waals surface area contributed by atoms with Gasteiger partial charge in [0.1, 0.15) is 18.0 Å². The van der Waals surface area contributed by atoms with Gasteiger partial charge in [0, 0.05) is 43.7 Å². The Kier molecular flexibility index (Phi) is 13.1. The van der Waals surface area contributed by atoms with Gasteiger partial charge in [0.15, 0.2) is 5.75 Å². The lowest BCUT2D eigenvalue weighted by atomic mass is 9.86. The Labute approximate surface area is 290 Å². The molecule has 0 radical (unpaired) electrons. The average Bonchev–Trinajstić information content (AvgIpc) is 3.47. The van der Waals surface area contributed by atoms with Gasteiger partial charge < -0.3 is 25.1 Å². The monoisotopic (exact) mass is 724 g/mol. The number of aromatic nitrogens is 4. The number of benzene rings is 1. The van der Waals surface area contributed by atoms with Crippen LogP contribution in [0.15, 0.2) is 24.5 Å². The van der Waals surface area contributed by atoms with Gasteiger partial charge >= 0.3 is 6.61 Å². The summed E-state index contributed by atoms with van der Waals surface area (Å²) >= 11 is 0. The SMILES string of the molecule is CNC(=O)CCC(C=O)n1nc(C(F)F)c2cc(C3CCN(CCCS(=O)N4CCC(Nc5ncc(OC(F)F)cn5)CC4)CC3)c(C)cc21. The molecule has 1 aromatic carbocycles. The number of hydrogen-bond acceptors (Lipinski definition) is 9. The summed E-state index contributed by atoms with van der Waals surface area (Å²) in [5, 5.41) is 10.2. The smallest absolute Gasteiger partial charge is 0.387 e. The van der Waals surface area contributed by atoms with E-state index >= 15 is 0 Å². The maximum Gasteiger partial charge on any atom is 0.387 e. The first-order valence-electron chi connectivity index (χ1n) is 16.9. The van der Waals surface area contributed by atoms with Gasteiger partial charge in [-0.05, 0) is 94.3 Å². The van der Waals surface area contributed by atoms with E-state index in [9.17, 15) is 31.4 Å². The topological polar surface area (TPSA) is 135 Å². The van der Waals surface area contributed by atoms with Gasteiger partial charge in [0.2, 0.25) is 11.9 Å². The molecular formula is C33H44F4N8O4S. The molecule has 1 amide bonds. The van der Waals surface area contributed by atoms with Crippen LogP contribution in [0.5, 0.6) is 5.75 Å². The van der Waals surface area contributed by atoms with Crippen molar-refractivity contribution < 1.29 is 36.1 Å². The molecule has 2 N–H and O–H groups in total. The van der Waals surface area contributed by atoms with Gasteiger partial charge in [0.05, 0.1) is 28.9 Å². The van der Waals surface area contributed by atoms with Gasteiger partial charge in [-0.2, -0.15) is 13.9 Å². The Hall–Kier alpha value is -3.70. The van der Waals surface area contributed by atoms with E-state index in [0.717, 1.165) is 62.9 Å². The fraction of sp³-hybridized carbons (Fsp3) is 0.606. The van der Waals surface area contributed by atoms with Crippen LogP contribution >= 0.6 is 0 Å². The summed E-state index contributed by atoms with van der Waals surface area (Å²) in [6.07, 6.45) is 4.48. The van der Waals surface area contributed by atoms with Crippen molar-refractivity contribution in [2.24, 2.45) is 0 Å². The number of likely N-dealkylation sites (tertiary alicyclic amines) is 1. The van der Waals surface area contributed by atoms with Crippen molar-refractivity contribution in [3.05, 3.63) is 41.3 Å². The van der Waals surface area contributed by atoms with Crippen LogP contribution in [0.1, 0.15) is 80.2 Å². The molecule has 3 aromatic rings. The molecule has 0 bridgehead atoms. The highest BCUT2D eigenvalue weighted by Gasteiger charge is 2.28. The lowest BCUT2D eigenvalue weighted by molar-refractivity contribution is -0.121. The van der Waals surface area contributed by atoms with Crippen molar-refractivity contribution in [1.29, 1.82) is 0 Å². The quantitative estimate of drug-likeness (QED) is 0.159. The molecule has 5 rings (SSSR count). The fourth-order valence-corrected chi connectivity index (χ4v) is 8.04. The van der Waals surface area contributed by atoms with Crippen molar-refractivity contribution in [3.63, 3.8) is 0 Å². The molecule has 2 aromatic heterocycles. The number of hydrogen-bond donors (Lipinski definition) is 2. The van der Waals surface area contributed by atoms with Crippen molar-refractivity contribution in [3.8, 4) is 5.75 Å². The second-order valence-electron chi connectivity index (χ2n) is 12.7. The largest absolute Gasteiger partial charge is 0.432 e. The molecule has 17 heteroatoms. The number of carbonyl (C=O) groups is 2. The van der Waals surface area contributed by atoms with Crippen LogP contribution in [0, 0.1) is 6.92 Å². The molecule has 4 heterocycles. The maximum absolute atomic E-state index is 14.1. The highest BCUT2D eigenvalue weighted by atomic mass is 32.2. The predicted molar refractivity (Wildman–Crippen MR) is 181 cm³/mol. The highest BCUT2D eigenvalue weighted by molar-refractivity contribution is 7.82. The number of fused-ring (bicyclic) bond motifs is 1. The third-order valence-electron chi connectivity index (χ3n) is 9.50. The summed E-state index contributed by atoms with van der Waals surface area (Å²) < 4.78 is 73.5. The summed E-state index contributed by atoms with van der Waals surface area (Å²) in [6, 6.07) is 2.90. The molecule has 50 heavy (non-hydrogen) atoms. The van der Waals surface area contributed by atoms with E-state index in [1.165, 1.54) is 24.1 Å². The van der Waals surface area contributed by atoms with E-state index in [1.807, 2.05) is 23.4 Å². The molecule has 2 aliphatic rings. The number of aryl methyl sites for hydroxylation is 1. The zero-order valence-corrected chi connectivity index (χ0v) is 29.0. The first-order chi connectivity index (χ1) is 24.1. The number of alkyl halides is 4. The Morgan fingerprint density at radius 3 is 2.40 bits per heavy atom. The minimum absolute atomic E-state index is 0.0770. The molecular weight excluding hydrogens is 680 g/mol. The first kappa shape index (κ1) is 37.6. The molecule has 2 unspecified atom stereocenters. The van der Waals surface area contributed by atoms with Crippen LogP contribution in [-0.4, -0.2) is 104 Å². The molecule has 0 aliphatic carbocycles. The Morgan fingerprint density at radius 1 is 1.08 bits per heavy atom. The van der Waals surface area contributed by atoms with Crippen molar-refractivity contribution >= 4 is 40.0 Å². The minimum atomic E-state index is -2.93. The summed E-state index contributed by atoms with van der Waals surface area (Å²) in [4.78, 5) is 34.1. The van der Waals surface area contributed by atoms with Gasteiger partial charge in [0.25, 0.3) is 6.43 Å². The molecule has 2 aliphatic heterocycles. The van der Waals surface area contributed by atoms with Crippen LogP contribution in [0.25, 0.3) is 10.9 Å². The van der Waals surface area contributed by atoms with Crippen molar-refractivity contribution in [2.75, 3.05) is 50.8 Å². The van der Waals surface area contributed by atoms with Crippen LogP contribution < -0.4 is 15.4 Å². The number of ether oxygens (including phenoxy) is 1. The third kappa shape index (κ3) is 9.54. The Morgan fingerprint density at radius 2 is 1.78 bits per heavy atom. The number of piperidine rings is 2. The second-order valence-corrected chi connectivity index (χ2v) is 14.3. The van der Waals surface area contributed by atoms with Crippen LogP contribution in [-0.2, 0) is 20.6 Å². The highest BCUT2D eigenvalue weighted by Crippen LogP contribution is 2.37. The van der Waals surface area contributed by atoms with Crippen LogP contribution in [0.3, 0.4) is 0 Å². The summed E-state index contributed by atoms with van der Waals surface area (Å²) in [6.45, 7) is 2.84. The molecule has 0 saturated carbocycles. The number of nitrogens with one attached hydrogen (secondary N) is 2. The van der Waals surface area contributed by atoms with E-state index in [1.54, 1.807) is 0 Å². The molecule has 12 nitrogen and oxygen atoms in total. The normalized spacial score (nSPS) is 18.1. The molecule has 0 spiro atoms. The lowest BCUT2D eigenvalue weighted by Crippen LogP contribution is -2.41. The van der Waals surface area contributed by atoms with E-state index in [-0.39, 0.29) is 42.2 Å². The number of nitrogens with zero attached hydrogens (tertiary/aromatic N) is 6. The number of anilines is 1. The molecule has 2 atom stereocenters. The van der Waals surface area contributed by atoms with E-state index in [2.05, 4.69) is 35.3 Å². The predicted octanol–water partition coefficient (Wildman–Crippen LogP) is 4.75. The second kappa shape index (κ2) is 17.5. The maximum atomic E-state index is 14.1. The van der Waals surface area contributed by atoms with Crippen molar-refractivity contribution in [1.82, 2.24) is 34.3 Å². The molecule has 274 valence electrons. The Bertz CT molecular complexity index is 1610. The van der Waals surface area contributed by atoms with Crippen LogP contribution in [0.4, 0.5) is 23.5 Å². The summed E-state index contributed by atoms with van der Waals surface area (Å²) in [5.41, 5.74) is 2.07. The fourth-order valence-electron chi connectivity index (χ4n) is 6.78. The number of aldehydes is 1. The summed E-state index contributed by atoms with van der Waals surface area (Å²) in [5.74, 6) is 0.743. The average molecular weight is 725 g/mol. The number of carbonyl (C=O) groups excluding carboxylic acids is 2. The first-order valence-corrected chi connectivity index (χ1v) is 18.2. The van der Waals surface area contributed by atoms with E-state index in [0.29, 0.717) is 42.0 Å². The van der Waals surface area contributed by atoms with E-state index < -0.39 is 30.1 Å². The molecule has 2 saturated heterocycles. The van der Waals surface area contributed by atoms with Gasteiger partial charge in [-0.25, -0.2) is 27.3 Å². The summed E-state index contributed by atoms with van der Waals surface area (Å²) in [7, 11) is 0.404. The zero-order chi connectivity index (χ0) is 35.8. The van der Waals surface area contributed by atoms with Crippen molar-refractivity contribution in [2.45, 2.75) is 82.9 Å². The number of amides is 1.